The number of esters is 2. The lowest BCUT2D eigenvalue weighted by Crippen LogP contribution is -2.23. The SMILES string of the molecule is CCOC(=O)c1ccc(NC2CCCCC2)c(NCc2ccc(OC(C)=O)cc2)c1. The first-order valence-electron chi connectivity index (χ1n) is 10.6. The lowest BCUT2D eigenvalue weighted by atomic mass is 9.95. The van der Waals surface area contributed by atoms with Crippen LogP contribution in [0.1, 0.15) is 61.9 Å². The zero-order valence-electron chi connectivity index (χ0n) is 17.7. The van der Waals surface area contributed by atoms with Gasteiger partial charge in [-0.05, 0) is 55.7 Å². The highest BCUT2D eigenvalue weighted by Crippen LogP contribution is 2.29. The molecule has 3 rings (SSSR count). The van der Waals surface area contributed by atoms with E-state index in [1.807, 2.05) is 30.3 Å². The Balaban J connectivity index is 1.74. The van der Waals surface area contributed by atoms with Gasteiger partial charge in [0.05, 0.1) is 23.5 Å². The molecule has 0 atom stereocenters. The van der Waals surface area contributed by atoms with E-state index >= 15 is 0 Å². The molecule has 6 heteroatoms. The first-order chi connectivity index (χ1) is 14.5. The minimum atomic E-state index is -0.338. The van der Waals surface area contributed by atoms with Crippen molar-refractivity contribution in [2.75, 3.05) is 17.2 Å². The van der Waals surface area contributed by atoms with Crippen molar-refractivity contribution in [1.29, 1.82) is 0 Å². The van der Waals surface area contributed by atoms with Gasteiger partial charge in [-0.25, -0.2) is 4.79 Å². The molecule has 0 radical (unpaired) electrons. The van der Waals surface area contributed by atoms with Crippen LogP contribution in [0.25, 0.3) is 0 Å². The van der Waals surface area contributed by atoms with Gasteiger partial charge in [-0.3, -0.25) is 4.79 Å². The Kier molecular flexibility index (Phi) is 7.71. The zero-order valence-corrected chi connectivity index (χ0v) is 17.7. The number of hydrogen-bond acceptors (Lipinski definition) is 6. The second kappa shape index (κ2) is 10.7. The number of carbonyl (C=O) groups is 2. The largest absolute Gasteiger partial charge is 0.462 e. The van der Waals surface area contributed by atoms with Crippen LogP contribution in [-0.2, 0) is 16.1 Å². The summed E-state index contributed by atoms with van der Waals surface area (Å²) in [5.41, 5.74) is 3.43. The van der Waals surface area contributed by atoms with Gasteiger partial charge in [-0.2, -0.15) is 0 Å². The van der Waals surface area contributed by atoms with Gasteiger partial charge >= 0.3 is 11.9 Å². The Morgan fingerprint density at radius 1 is 1.00 bits per heavy atom. The van der Waals surface area contributed by atoms with Crippen molar-refractivity contribution in [3.8, 4) is 5.75 Å². The van der Waals surface area contributed by atoms with Crippen molar-refractivity contribution in [2.45, 2.75) is 58.5 Å². The molecule has 2 aromatic rings. The van der Waals surface area contributed by atoms with E-state index in [0.717, 1.165) is 29.8 Å². The van der Waals surface area contributed by atoms with E-state index in [1.54, 1.807) is 19.1 Å². The molecule has 30 heavy (non-hydrogen) atoms. The molecular weight excluding hydrogens is 380 g/mol. The van der Waals surface area contributed by atoms with E-state index < -0.39 is 0 Å². The molecule has 0 unspecified atom stereocenters. The van der Waals surface area contributed by atoms with Crippen LogP contribution in [0, 0.1) is 0 Å². The number of hydrogen-bond donors (Lipinski definition) is 2. The van der Waals surface area contributed by atoms with E-state index in [2.05, 4.69) is 10.6 Å². The van der Waals surface area contributed by atoms with Crippen LogP contribution in [0.15, 0.2) is 42.5 Å². The molecule has 2 N–H and O–H groups in total. The predicted molar refractivity (Wildman–Crippen MR) is 118 cm³/mol. The maximum Gasteiger partial charge on any atom is 0.338 e. The van der Waals surface area contributed by atoms with Gasteiger partial charge in [0.25, 0.3) is 0 Å². The summed E-state index contributed by atoms with van der Waals surface area (Å²) in [7, 11) is 0. The summed E-state index contributed by atoms with van der Waals surface area (Å²) < 4.78 is 10.2. The van der Waals surface area contributed by atoms with Crippen LogP contribution in [0.2, 0.25) is 0 Å². The van der Waals surface area contributed by atoms with Crippen LogP contribution in [0.4, 0.5) is 11.4 Å². The molecule has 2 aromatic carbocycles. The third-order valence-corrected chi connectivity index (χ3v) is 5.16. The summed E-state index contributed by atoms with van der Waals surface area (Å²) >= 11 is 0. The normalized spacial score (nSPS) is 14.1. The first kappa shape index (κ1) is 21.7. The average Bonchev–Trinajstić information content (AvgIpc) is 2.74. The Morgan fingerprint density at radius 3 is 2.40 bits per heavy atom. The Bertz CT molecular complexity index is 858. The molecule has 0 aromatic heterocycles. The monoisotopic (exact) mass is 410 g/mol. The molecule has 1 aliphatic rings. The van der Waals surface area contributed by atoms with Gasteiger partial charge in [0, 0.05) is 19.5 Å². The Morgan fingerprint density at radius 2 is 1.73 bits per heavy atom. The number of nitrogens with one attached hydrogen (secondary N) is 2. The third-order valence-electron chi connectivity index (χ3n) is 5.16. The third kappa shape index (κ3) is 6.24. The van der Waals surface area contributed by atoms with Crippen molar-refractivity contribution < 1.29 is 19.1 Å². The number of carbonyl (C=O) groups excluding carboxylic acids is 2. The van der Waals surface area contributed by atoms with Gasteiger partial charge in [-0.1, -0.05) is 31.4 Å². The first-order valence-corrected chi connectivity index (χ1v) is 10.6. The van der Waals surface area contributed by atoms with Crippen molar-refractivity contribution in [1.82, 2.24) is 0 Å². The molecule has 1 aliphatic carbocycles. The average molecular weight is 411 g/mol. The van der Waals surface area contributed by atoms with Gasteiger partial charge in [-0.15, -0.1) is 0 Å². The highest BCUT2D eigenvalue weighted by atomic mass is 16.5. The van der Waals surface area contributed by atoms with Crippen LogP contribution < -0.4 is 15.4 Å². The summed E-state index contributed by atoms with van der Waals surface area (Å²) in [6.45, 7) is 4.10. The lowest BCUT2D eigenvalue weighted by molar-refractivity contribution is -0.131. The topological polar surface area (TPSA) is 76.7 Å². The van der Waals surface area contributed by atoms with Gasteiger partial charge < -0.3 is 20.1 Å². The Hall–Kier alpha value is -3.02. The predicted octanol–water partition coefficient (Wildman–Crippen LogP) is 5.15. The quantitative estimate of drug-likeness (QED) is 0.463. The number of rotatable bonds is 8. The second-order valence-electron chi connectivity index (χ2n) is 7.55. The maximum absolute atomic E-state index is 12.2. The van der Waals surface area contributed by atoms with E-state index in [9.17, 15) is 9.59 Å². The smallest absolute Gasteiger partial charge is 0.338 e. The number of anilines is 2. The molecule has 0 saturated heterocycles. The molecule has 0 spiro atoms. The molecule has 1 fully saturated rings. The van der Waals surface area contributed by atoms with Crippen molar-refractivity contribution in [3.05, 3.63) is 53.6 Å². The van der Waals surface area contributed by atoms with Crippen LogP contribution >= 0.6 is 0 Å². The fourth-order valence-electron chi connectivity index (χ4n) is 3.66. The molecule has 6 nitrogen and oxygen atoms in total. The van der Waals surface area contributed by atoms with Gasteiger partial charge in [0.15, 0.2) is 0 Å². The van der Waals surface area contributed by atoms with Crippen molar-refractivity contribution >= 4 is 23.3 Å². The van der Waals surface area contributed by atoms with Crippen molar-refractivity contribution in [3.63, 3.8) is 0 Å². The minimum Gasteiger partial charge on any atom is -0.462 e. The van der Waals surface area contributed by atoms with Crippen LogP contribution in [-0.4, -0.2) is 24.6 Å². The van der Waals surface area contributed by atoms with Gasteiger partial charge in [0.1, 0.15) is 5.75 Å². The van der Waals surface area contributed by atoms with Crippen LogP contribution in [0.5, 0.6) is 5.75 Å². The molecule has 0 aliphatic heterocycles. The van der Waals surface area contributed by atoms with E-state index in [-0.39, 0.29) is 11.9 Å². The molecule has 0 heterocycles. The lowest BCUT2D eigenvalue weighted by Gasteiger charge is -2.25. The van der Waals surface area contributed by atoms with E-state index in [1.165, 1.54) is 26.2 Å². The summed E-state index contributed by atoms with van der Waals surface area (Å²) in [6, 6.07) is 13.4. The van der Waals surface area contributed by atoms with Crippen LogP contribution in [0.3, 0.4) is 0 Å². The molecule has 160 valence electrons. The number of benzene rings is 2. The fourth-order valence-corrected chi connectivity index (χ4v) is 3.66. The summed E-state index contributed by atoms with van der Waals surface area (Å²) in [6.07, 6.45) is 6.12. The standard InChI is InChI=1S/C24H30N2O4/c1-3-29-24(28)19-11-14-22(26-20-7-5-4-6-8-20)23(15-19)25-16-18-9-12-21(13-10-18)30-17(2)27/h9-15,20,25-26H,3-8,16H2,1-2H3. The minimum absolute atomic E-state index is 0.324. The molecule has 0 bridgehead atoms. The summed E-state index contributed by atoms with van der Waals surface area (Å²) in [5.74, 6) is -0.138. The molecule has 1 saturated carbocycles. The van der Waals surface area contributed by atoms with E-state index in [0.29, 0.717) is 30.5 Å². The summed E-state index contributed by atoms with van der Waals surface area (Å²) in [5, 5.41) is 7.08. The number of ether oxygens (including phenoxy) is 2. The van der Waals surface area contributed by atoms with Crippen molar-refractivity contribution in [2.24, 2.45) is 0 Å². The molecule has 0 amide bonds. The fraction of sp³-hybridized carbons (Fsp3) is 0.417. The highest BCUT2D eigenvalue weighted by molar-refractivity contribution is 5.92. The molecular formula is C24H30N2O4. The zero-order chi connectivity index (χ0) is 21.3. The second-order valence-corrected chi connectivity index (χ2v) is 7.55. The Labute approximate surface area is 178 Å². The van der Waals surface area contributed by atoms with Gasteiger partial charge in [0.2, 0.25) is 0 Å². The summed E-state index contributed by atoms with van der Waals surface area (Å²) in [4.78, 5) is 23.3. The van der Waals surface area contributed by atoms with E-state index in [4.69, 9.17) is 9.47 Å². The highest BCUT2D eigenvalue weighted by Gasteiger charge is 2.16. The maximum atomic E-state index is 12.2.